The molecule has 30 heavy (non-hydrogen) atoms. The number of hydrogen-bond acceptors (Lipinski definition) is 6. The molecule has 2 aliphatic rings. The van der Waals surface area contributed by atoms with Gasteiger partial charge in [-0.2, -0.15) is 0 Å². The summed E-state index contributed by atoms with van der Waals surface area (Å²) in [6, 6.07) is 4.70. The van der Waals surface area contributed by atoms with E-state index < -0.39 is 11.9 Å². The van der Waals surface area contributed by atoms with E-state index in [-0.39, 0.29) is 25.0 Å². The molecule has 0 saturated carbocycles. The molecule has 2 fully saturated rings. The second-order valence-electron chi connectivity index (χ2n) is 7.25. The van der Waals surface area contributed by atoms with Crippen LogP contribution in [0.15, 0.2) is 18.2 Å². The second-order valence-corrected chi connectivity index (χ2v) is 7.74. The lowest BCUT2D eigenvalue weighted by atomic mass is 10.2. The third kappa shape index (κ3) is 5.17. The minimum atomic E-state index is -0.507. The van der Waals surface area contributed by atoms with Gasteiger partial charge < -0.3 is 25.0 Å². The highest BCUT2D eigenvalue weighted by Gasteiger charge is 2.33. The zero-order valence-electron chi connectivity index (χ0n) is 17.0. The van der Waals surface area contributed by atoms with E-state index in [4.69, 9.17) is 22.1 Å². The van der Waals surface area contributed by atoms with E-state index in [1.54, 1.807) is 17.0 Å². The standard InChI is InChI=1S/C20H27FN4O4S/c1-2-18(30)22-12-15-13-25(20(28)29-15)14-3-4-17(16(21)11-14)23-6-8-24(9-7-23)19(27)5-10-26/h3-4,11,15,26H,2,5-10,12-13H2,1H3,(H,22,30). The first-order chi connectivity index (χ1) is 14.4. The van der Waals surface area contributed by atoms with Gasteiger partial charge >= 0.3 is 6.09 Å². The summed E-state index contributed by atoms with van der Waals surface area (Å²) >= 11 is 5.12. The van der Waals surface area contributed by atoms with Gasteiger partial charge in [0.05, 0.1) is 36.1 Å². The van der Waals surface area contributed by atoms with E-state index in [0.717, 1.165) is 6.42 Å². The van der Waals surface area contributed by atoms with Crippen molar-refractivity contribution in [1.29, 1.82) is 0 Å². The van der Waals surface area contributed by atoms with Gasteiger partial charge in [-0.15, -0.1) is 0 Å². The van der Waals surface area contributed by atoms with Gasteiger partial charge in [-0.25, -0.2) is 9.18 Å². The van der Waals surface area contributed by atoms with Gasteiger partial charge in [0.25, 0.3) is 0 Å². The van der Waals surface area contributed by atoms with Crippen LogP contribution in [0.3, 0.4) is 0 Å². The number of hydrogen-bond donors (Lipinski definition) is 2. The summed E-state index contributed by atoms with van der Waals surface area (Å²) in [5, 5.41) is 12.0. The van der Waals surface area contributed by atoms with Crippen molar-refractivity contribution in [3.63, 3.8) is 0 Å². The van der Waals surface area contributed by atoms with Crippen molar-refractivity contribution in [1.82, 2.24) is 10.2 Å². The molecule has 1 atom stereocenters. The number of thiocarbonyl (C=S) groups is 1. The zero-order chi connectivity index (χ0) is 21.7. The Morgan fingerprint density at radius 1 is 1.33 bits per heavy atom. The fourth-order valence-corrected chi connectivity index (χ4v) is 3.65. The van der Waals surface area contributed by atoms with Crippen molar-refractivity contribution in [2.45, 2.75) is 25.9 Å². The lowest BCUT2D eigenvalue weighted by Gasteiger charge is -2.36. The molecule has 2 aliphatic heterocycles. The maximum Gasteiger partial charge on any atom is 0.414 e. The normalized spacial score (nSPS) is 19.1. The fraction of sp³-hybridized carbons (Fsp3) is 0.550. The summed E-state index contributed by atoms with van der Waals surface area (Å²) in [5.41, 5.74) is 0.880. The summed E-state index contributed by atoms with van der Waals surface area (Å²) in [4.78, 5) is 29.8. The summed E-state index contributed by atoms with van der Waals surface area (Å²) < 4.78 is 20.2. The topological polar surface area (TPSA) is 85.4 Å². The molecule has 2 saturated heterocycles. The molecule has 0 bridgehead atoms. The van der Waals surface area contributed by atoms with E-state index in [1.165, 1.54) is 11.0 Å². The lowest BCUT2D eigenvalue weighted by Crippen LogP contribution is -2.49. The molecular weight excluding hydrogens is 411 g/mol. The number of ether oxygens (including phenoxy) is 1. The van der Waals surface area contributed by atoms with Crippen LogP contribution in [0.1, 0.15) is 19.8 Å². The van der Waals surface area contributed by atoms with E-state index in [1.807, 2.05) is 11.8 Å². The first-order valence-electron chi connectivity index (χ1n) is 10.1. The van der Waals surface area contributed by atoms with Crippen molar-refractivity contribution in [3.05, 3.63) is 24.0 Å². The monoisotopic (exact) mass is 438 g/mol. The van der Waals surface area contributed by atoms with Gasteiger partial charge in [0.15, 0.2) is 0 Å². The minimum Gasteiger partial charge on any atom is -0.442 e. The van der Waals surface area contributed by atoms with Crippen molar-refractivity contribution in [2.75, 3.05) is 55.7 Å². The molecule has 1 aromatic rings. The Balaban J connectivity index is 1.60. The Bertz CT molecular complexity index is 801. The molecule has 10 heteroatoms. The number of cyclic esters (lactones) is 1. The molecule has 2 heterocycles. The Morgan fingerprint density at radius 3 is 2.70 bits per heavy atom. The summed E-state index contributed by atoms with van der Waals surface area (Å²) in [6.45, 7) is 4.49. The van der Waals surface area contributed by atoms with Crippen LogP contribution in [-0.4, -0.2) is 79.0 Å². The number of halogens is 1. The number of benzene rings is 1. The van der Waals surface area contributed by atoms with Crippen LogP contribution < -0.4 is 15.1 Å². The summed E-state index contributed by atoms with van der Waals surface area (Å²) in [6.07, 6.45) is -0.0342. The number of amides is 2. The van der Waals surface area contributed by atoms with Gasteiger partial charge in [-0.3, -0.25) is 9.69 Å². The largest absolute Gasteiger partial charge is 0.442 e. The Labute approximate surface area is 180 Å². The van der Waals surface area contributed by atoms with Crippen LogP contribution >= 0.6 is 12.2 Å². The average Bonchev–Trinajstić information content (AvgIpc) is 3.12. The first kappa shape index (κ1) is 22.2. The zero-order valence-corrected chi connectivity index (χ0v) is 17.8. The third-order valence-corrected chi connectivity index (χ3v) is 5.70. The van der Waals surface area contributed by atoms with E-state index in [0.29, 0.717) is 55.6 Å². The first-order valence-corrected chi connectivity index (χ1v) is 10.5. The van der Waals surface area contributed by atoms with Crippen LogP contribution in [0.25, 0.3) is 0 Å². The quantitative estimate of drug-likeness (QED) is 0.624. The molecule has 1 unspecified atom stereocenters. The van der Waals surface area contributed by atoms with E-state index in [2.05, 4.69) is 5.32 Å². The molecule has 0 aliphatic carbocycles. The highest BCUT2D eigenvalue weighted by atomic mass is 32.1. The van der Waals surface area contributed by atoms with Crippen LogP contribution in [-0.2, 0) is 9.53 Å². The number of carbonyl (C=O) groups excluding carboxylic acids is 2. The van der Waals surface area contributed by atoms with Crippen LogP contribution in [0.4, 0.5) is 20.6 Å². The van der Waals surface area contributed by atoms with Crippen molar-refractivity contribution < 1.29 is 23.8 Å². The number of aliphatic hydroxyl groups excluding tert-OH is 1. The third-order valence-electron chi connectivity index (χ3n) is 5.26. The number of carbonyl (C=O) groups is 2. The number of aliphatic hydroxyl groups is 1. The van der Waals surface area contributed by atoms with Gasteiger partial charge in [-0.1, -0.05) is 19.1 Å². The number of rotatable bonds is 7. The highest BCUT2D eigenvalue weighted by molar-refractivity contribution is 7.80. The van der Waals surface area contributed by atoms with Crippen molar-refractivity contribution in [3.8, 4) is 0 Å². The second kappa shape index (κ2) is 10.0. The highest BCUT2D eigenvalue weighted by Crippen LogP contribution is 2.28. The van der Waals surface area contributed by atoms with Crippen molar-refractivity contribution >= 4 is 40.6 Å². The van der Waals surface area contributed by atoms with Gasteiger partial charge in [0.2, 0.25) is 5.91 Å². The average molecular weight is 439 g/mol. The molecular formula is C20H27FN4O4S. The van der Waals surface area contributed by atoms with Crippen LogP contribution in [0.2, 0.25) is 0 Å². The molecule has 0 radical (unpaired) electrons. The Hall–Kier alpha value is -2.46. The molecule has 164 valence electrons. The molecule has 1 aromatic carbocycles. The van der Waals surface area contributed by atoms with Gasteiger partial charge in [0.1, 0.15) is 11.9 Å². The molecule has 8 nitrogen and oxygen atoms in total. The molecule has 0 spiro atoms. The van der Waals surface area contributed by atoms with Crippen molar-refractivity contribution in [2.24, 2.45) is 0 Å². The summed E-state index contributed by atoms with van der Waals surface area (Å²) in [5.74, 6) is -0.520. The molecule has 3 rings (SSSR count). The minimum absolute atomic E-state index is 0.0933. The van der Waals surface area contributed by atoms with Crippen LogP contribution in [0.5, 0.6) is 0 Å². The van der Waals surface area contributed by atoms with Crippen LogP contribution in [0, 0.1) is 5.82 Å². The SMILES string of the molecule is CCC(=S)NCC1CN(c2ccc(N3CCN(C(=O)CCO)CC3)c(F)c2)C(=O)O1. The van der Waals surface area contributed by atoms with Gasteiger partial charge in [-0.05, 0) is 24.6 Å². The number of nitrogens with one attached hydrogen (secondary N) is 1. The Kier molecular flexibility index (Phi) is 7.43. The number of anilines is 2. The fourth-order valence-electron chi connectivity index (χ4n) is 3.56. The molecule has 2 N–H and O–H groups in total. The van der Waals surface area contributed by atoms with E-state index in [9.17, 15) is 14.0 Å². The number of nitrogens with zero attached hydrogens (tertiary/aromatic N) is 3. The van der Waals surface area contributed by atoms with Gasteiger partial charge in [0, 0.05) is 32.6 Å². The predicted molar refractivity (Wildman–Crippen MR) is 115 cm³/mol. The molecule has 2 amide bonds. The maximum absolute atomic E-state index is 14.8. The summed E-state index contributed by atoms with van der Waals surface area (Å²) in [7, 11) is 0. The van der Waals surface area contributed by atoms with E-state index >= 15 is 0 Å². The Morgan fingerprint density at radius 2 is 2.07 bits per heavy atom. The molecule has 0 aromatic heterocycles. The number of piperazine rings is 1. The lowest BCUT2D eigenvalue weighted by molar-refractivity contribution is -0.132. The maximum atomic E-state index is 14.8. The smallest absolute Gasteiger partial charge is 0.414 e. The predicted octanol–water partition coefficient (Wildman–Crippen LogP) is 1.51.